The number of nitrogens with zero attached hydrogens (tertiary/aromatic N) is 2. The number of ether oxygens (including phenoxy) is 1. The number of halogens is 2. The quantitative estimate of drug-likeness (QED) is 0.743. The third kappa shape index (κ3) is 4.54. The van der Waals surface area contributed by atoms with Crippen LogP contribution < -0.4 is 4.74 Å². The number of carbonyl (C=O) groups excluding carboxylic acids is 1. The van der Waals surface area contributed by atoms with Gasteiger partial charge in [-0.2, -0.15) is 0 Å². The van der Waals surface area contributed by atoms with Crippen LogP contribution in [-0.4, -0.2) is 49.0 Å². The molecule has 0 unspecified atom stereocenters. The molecular weight excluding hydrogens is 404 g/mol. The molecule has 2 aromatic carbocycles. The van der Waals surface area contributed by atoms with E-state index in [0.29, 0.717) is 24.4 Å². The molecule has 2 aromatic rings. The van der Waals surface area contributed by atoms with Crippen LogP contribution in [0, 0.1) is 0 Å². The van der Waals surface area contributed by atoms with Gasteiger partial charge in [-0.05, 0) is 42.0 Å². The van der Waals surface area contributed by atoms with Crippen LogP contribution in [-0.2, 0) is 6.54 Å². The van der Waals surface area contributed by atoms with Crippen molar-refractivity contribution >= 4 is 33.4 Å². The largest absolute Gasteiger partial charge is 0.497 e. The smallest absolute Gasteiger partial charge is 0.254 e. The summed E-state index contributed by atoms with van der Waals surface area (Å²) in [7, 11) is 1.61. The highest BCUT2D eigenvalue weighted by atomic mass is 79.9. The molecule has 1 heterocycles. The van der Waals surface area contributed by atoms with Gasteiger partial charge < -0.3 is 9.64 Å². The van der Waals surface area contributed by atoms with E-state index in [4.69, 9.17) is 16.3 Å². The second-order valence-electron chi connectivity index (χ2n) is 6.04. The summed E-state index contributed by atoms with van der Waals surface area (Å²) in [5.41, 5.74) is 1.77. The minimum atomic E-state index is 0.0547. The Bertz CT molecular complexity index is 761. The number of benzene rings is 2. The van der Waals surface area contributed by atoms with E-state index in [1.165, 1.54) is 0 Å². The molecule has 0 aromatic heterocycles. The van der Waals surface area contributed by atoms with E-state index in [9.17, 15) is 4.79 Å². The SMILES string of the molecule is COc1cccc(C(=O)N2CCN(Cc3cc(Br)ccc3Cl)CC2)c1. The van der Waals surface area contributed by atoms with Gasteiger partial charge in [0.25, 0.3) is 5.91 Å². The van der Waals surface area contributed by atoms with E-state index in [-0.39, 0.29) is 5.91 Å². The summed E-state index contributed by atoms with van der Waals surface area (Å²) in [5.74, 6) is 0.757. The van der Waals surface area contributed by atoms with Gasteiger partial charge in [0, 0.05) is 47.8 Å². The monoisotopic (exact) mass is 422 g/mol. The molecular formula is C19H20BrClN2O2. The van der Waals surface area contributed by atoms with Gasteiger partial charge in [0.15, 0.2) is 0 Å². The van der Waals surface area contributed by atoms with Crippen LogP contribution in [0.1, 0.15) is 15.9 Å². The Kier molecular flexibility index (Phi) is 5.99. The van der Waals surface area contributed by atoms with Gasteiger partial charge >= 0.3 is 0 Å². The van der Waals surface area contributed by atoms with Crippen molar-refractivity contribution in [3.05, 3.63) is 63.1 Å². The van der Waals surface area contributed by atoms with Crippen molar-refractivity contribution < 1.29 is 9.53 Å². The van der Waals surface area contributed by atoms with E-state index in [1.807, 2.05) is 35.2 Å². The first-order valence-corrected chi connectivity index (χ1v) is 9.33. The second kappa shape index (κ2) is 8.21. The first-order chi connectivity index (χ1) is 12.1. The van der Waals surface area contributed by atoms with Gasteiger partial charge in [0.1, 0.15) is 5.75 Å². The number of methoxy groups -OCH3 is 1. The summed E-state index contributed by atoms with van der Waals surface area (Å²) in [5, 5.41) is 0.776. The summed E-state index contributed by atoms with van der Waals surface area (Å²) in [6.07, 6.45) is 0. The van der Waals surface area contributed by atoms with E-state index in [2.05, 4.69) is 26.9 Å². The fraction of sp³-hybridized carbons (Fsp3) is 0.316. The number of carbonyl (C=O) groups is 1. The fourth-order valence-electron chi connectivity index (χ4n) is 2.95. The third-order valence-electron chi connectivity index (χ3n) is 4.38. The molecule has 1 fully saturated rings. The van der Waals surface area contributed by atoms with Crippen LogP contribution in [0.2, 0.25) is 5.02 Å². The number of hydrogen-bond donors (Lipinski definition) is 0. The molecule has 0 saturated carbocycles. The zero-order chi connectivity index (χ0) is 17.8. The molecule has 0 aliphatic carbocycles. The van der Waals surface area contributed by atoms with Gasteiger partial charge in [-0.3, -0.25) is 9.69 Å². The lowest BCUT2D eigenvalue weighted by Crippen LogP contribution is -2.48. The molecule has 4 nitrogen and oxygen atoms in total. The number of hydrogen-bond acceptors (Lipinski definition) is 3. The van der Waals surface area contributed by atoms with Gasteiger partial charge in [-0.1, -0.05) is 33.6 Å². The van der Waals surface area contributed by atoms with E-state index >= 15 is 0 Å². The molecule has 1 aliphatic rings. The molecule has 6 heteroatoms. The van der Waals surface area contributed by atoms with E-state index in [0.717, 1.165) is 34.7 Å². The maximum Gasteiger partial charge on any atom is 0.254 e. The van der Waals surface area contributed by atoms with Crippen LogP contribution in [0.5, 0.6) is 5.75 Å². The molecule has 1 amide bonds. The highest BCUT2D eigenvalue weighted by Gasteiger charge is 2.22. The molecule has 1 saturated heterocycles. The van der Waals surface area contributed by atoms with Crippen LogP contribution in [0.25, 0.3) is 0 Å². The van der Waals surface area contributed by atoms with Crippen LogP contribution in [0.4, 0.5) is 0 Å². The van der Waals surface area contributed by atoms with Crippen LogP contribution in [0.3, 0.4) is 0 Å². The van der Waals surface area contributed by atoms with E-state index < -0.39 is 0 Å². The Morgan fingerprint density at radius 2 is 1.92 bits per heavy atom. The van der Waals surface area contributed by atoms with Gasteiger partial charge in [-0.25, -0.2) is 0 Å². The van der Waals surface area contributed by atoms with Crippen molar-refractivity contribution in [1.29, 1.82) is 0 Å². The van der Waals surface area contributed by atoms with Crippen LogP contribution >= 0.6 is 27.5 Å². The van der Waals surface area contributed by atoms with Crippen molar-refractivity contribution in [2.45, 2.75) is 6.54 Å². The van der Waals surface area contributed by atoms with Crippen molar-refractivity contribution in [2.75, 3.05) is 33.3 Å². The maximum absolute atomic E-state index is 12.7. The zero-order valence-electron chi connectivity index (χ0n) is 14.0. The van der Waals surface area contributed by atoms with Gasteiger partial charge in [0.2, 0.25) is 0 Å². The predicted octanol–water partition coefficient (Wildman–Crippen LogP) is 4.07. The van der Waals surface area contributed by atoms with Crippen molar-refractivity contribution in [3.63, 3.8) is 0 Å². The molecule has 0 N–H and O–H groups in total. The highest BCUT2D eigenvalue weighted by Crippen LogP contribution is 2.23. The van der Waals surface area contributed by atoms with Crippen molar-refractivity contribution in [1.82, 2.24) is 9.80 Å². The first kappa shape index (κ1) is 18.2. The molecule has 132 valence electrons. The van der Waals surface area contributed by atoms with Crippen molar-refractivity contribution in [2.24, 2.45) is 0 Å². The van der Waals surface area contributed by atoms with Gasteiger partial charge in [0.05, 0.1) is 7.11 Å². The summed E-state index contributed by atoms with van der Waals surface area (Å²) < 4.78 is 6.23. The lowest BCUT2D eigenvalue weighted by atomic mass is 10.1. The number of amides is 1. The second-order valence-corrected chi connectivity index (χ2v) is 7.36. The molecule has 3 rings (SSSR count). The predicted molar refractivity (Wildman–Crippen MR) is 103 cm³/mol. The minimum Gasteiger partial charge on any atom is -0.497 e. The summed E-state index contributed by atoms with van der Waals surface area (Å²) in [6.45, 7) is 3.87. The Balaban J connectivity index is 1.59. The number of piperazine rings is 1. The van der Waals surface area contributed by atoms with E-state index in [1.54, 1.807) is 13.2 Å². The van der Waals surface area contributed by atoms with Crippen molar-refractivity contribution in [3.8, 4) is 5.75 Å². The standard InChI is InChI=1S/C19H20BrClN2O2/c1-25-17-4-2-3-14(12-17)19(24)23-9-7-22(8-10-23)13-15-11-16(20)5-6-18(15)21/h2-6,11-12H,7-10,13H2,1H3. The Morgan fingerprint density at radius 3 is 2.64 bits per heavy atom. The minimum absolute atomic E-state index is 0.0547. The van der Waals surface area contributed by atoms with Gasteiger partial charge in [-0.15, -0.1) is 0 Å². The Hall–Kier alpha value is -1.56. The third-order valence-corrected chi connectivity index (χ3v) is 5.24. The first-order valence-electron chi connectivity index (χ1n) is 8.16. The molecule has 25 heavy (non-hydrogen) atoms. The molecule has 0 radical (unpaired) electrons. The highest BCUT2D eigenvalue weighted by molar-refractivity contribution is 9.10. The average molecular weight is 424 g/mol. The van der Waals surface area contributed by atoms with Crippen LogP contribution in [0.15, 0.2) is 46.9 Å². The fourth-order valence-corrected chi connectivity index (χ4v) is 3.54. The Morgan fingerprint density at radius 1 is 1.16 bits per heavy atom. The summed E-state index contributed by atoms with van der Waals surface area (Å²) in [6, 6.07) is 13.2. The average Bonchev–Trinajstić information content (AvgIpc) is 2.65. The maximum atomic E-state index is 12.7. The summed E-state index contributed by atoms with van der Waals surface area (Å²) in [4.78, 5) is 16.9. The summed E-state index contributed by atoms with van der Waals surface area (Å²) >= 11 is 9.77. The topological polar surface area (TPSA) is 32.8 Å². The molecule has 0 spiro atoms. The Labute approximate surface area is 161 Å². The lowest BCUT2D eigenvalue weighted by Gasteiger charge is -2.35. The molecule has 0 atom stereocenters. The molecule has 1 aliphatic heterocycles. The number of rotatable bonds is 4. The zero-order valence-corrected chi connectivity index (χ0v) is 16.4. The normalized spacial score (nSPS) is 15.2. The lowest BCUT2D eigenvalue weighted by molar-refractivity contribution is 0.0628. The molecule has 0 bridgehead atoms.